The summed E-state index contributed by atoms with van der Waals surface area (Å²) in [6.45, 7) is 0. The summed E-state index contributed by atoms with van der Waals surface area (Å²) >= 11 is 8.44. The number of aromatic nitrogens is 1. The summed E-state index contributed by atoms with van der Waals surface area (Å²) in [5.41, 5.74) is -0.411. The van der Waals surface area contributed by atoms with Crippen molar-refractivity contribution in [2.24, 2.45) is 0 Å². The minimum atomic E-state index is -2.80. The van der Waals surface area contributed by atoms with Crippen LogP contribution in [-0.2, 0) is 5.33 Å². The van der Waals surface area contributed by atoms with Gasteiger partial charge in [-0.2, -0.15) is 0 Å². The van der Waals surface area contributed by atoms with E-state index in [1.807, 2.05) is 0 Å². The predicted octanol–water partition coefficient (Wildman–Crippen LogP) is 3.27. The predicted molar refractivity (Wildman–Crippen MR) is 48.5 cm³/mol. The van der Waals surface area contributed by atoms with Gasteiger partial charge in [0, 0.05) is 11.5 Å². The number of alkyl halides is 3. The van der Waals surface area contributed by atoms with Crippen LogP contribution >= 0.6 is 27.5 Å². The zero-order valence-corrected chi connectivity index (χ0v) is 8.61. The van der Waals surface area contributed by atoms with Gasteiger partial charge in [0.25, 0.3) is 6.43 Å². The van der Waals surface area contributed by atoms with Crippen LogP contribution in [0.1, 0.15) is 17.7 Å². The van der Waals surface area contributed by atoms with Gasteiger partial charge in [-0.25, -0.2) is 8.78 Å². The highest BCUT2D eigenvalue weighted by molar-refractivity contribution is 9.08. The van der Waals surface area contributed by atoms with Gasteiger partial charge in [0.15, 0.2) is 0 Å². The average Bonchev–Trinajstić information content (AvgIpc) is 2.04. The van der Waals surface area contributed by atoms with Crippen LogP contribution in [0.25, 0.3) is 0 Å². The molecule has 2 nitrogen and oxygen atoms in total. The van der Waals surface area contributed by atoms with Crippen molar-refractivity contribution in [2.45, 2.75) is 11.8 Å². The van der Waals surface area contributed by atoms with E-state index in [1.54, 1.807) is 0 Å². The first-order valence-electron chi connectivity index (χ1n) is 3.28. The Morgan fingerprint density at radius 1 is 1.62 bits per heavy atom. The van der Waals surface area contributed by atoms with Crippen LogP contribution in [-0.4, -0.2) is 10.1 Å². The van der Waals surface area contributed by atoms with Gasteiger partial charge in [0.05, 0.1) is 16.3 Å². The fourth-order valence-electron chi connectivity index (χ4n) is 0.839. The molecule has 6 heteroatoms. The van der Waals surface area contributed by atoms with Gasteiger partial charge in [0.2, 0.25) is 0 Å². The average molecular weight is 272 g/mol. The second-order valence-corrected chi connectivity index (χ2v) is 3.22. The Kier molecular flexibility index (Phi) is 3.44. The van der Waals surface area contributed by atoms with Gasteiger partial charge in [0.1, 0.15) is 5.75 Å². The lowest BCUT2D eigenvalue weighted by molar-refractivity contribution is 0.147. The van der Waals surface area contributed by atoms with Gasteiger partial charge in [-0.1, -0.05) is 27.5 Å². The standard InChI is InChI=1S/C7H5BrClF2NO/c8-1-4-6(13)5(7(10)11)3(9)2-12-4/h2,7,13H,1H2. The summed E-state index contributed by atoms with van der Waals surface area (Å²) in [6, 6.07) is 0. The Labute approximate surface area is 86.7 Å². The molecule has 0 radical (unpaired) electrons. The number of hydrogen-bond acceptors (Lipinski definition) is 2. The molecule has 0 aliphatic rings. The van der Waals surface area contributed by atoms with E-state index >= 15 is 0 Å². The van der Waals surface area contributed by atoms with E-state index in [9.17, 15) is 13.9 Å². The van der Waals surface area contributed by atoms with Crippen LogP contribution < -0.4 is 0 Å². The maximum absolute atomic E-state index is 12.3. The molecule has 0 aliphatic heterocycles. The largest absolute Gasteiger partial charge is 0.505 e. The maximum atomic E-state index is 12.3. The summed E-state index contributed by atoms with van der Waals surface area (Å²) in [4.78, 5) is 3.68. The molecule has 1 aromatic rings. The molecule has 0 atom stereocenters. The molecule has 72 valence electrons. The highest BCUT2D eigenvalue weighted by atomic mass is 79.9. The van der Waals surface area contributed by atoms with Crippen molar-refractivity contribution in [3.63, 3.8) is 0 Å². The van der Waals surface area contributed by atoms with Gasteiger partial charge in [-0.05, 0) is 0 Å². The fourth-order valence-corrected chi connectivity index (χ4v) is 1.47. The third-order valence-corrected chi connectivity index (χ3v) is 2.30. The van der Waals surface area contributed by atoms with Crippen molar-refractivity contribution in [1.29, 1.82) is 0 Å². The SMILES string of the molecule is Oc1c(CBr)ncc(Cl)c1C(F)F. The molecular weight excluding hydrogens is 267 g/mol. The quantitative estimate of drug-likeness (QED) is 0.838. The lowest BCUT2D eigenvalue weighted by Gasteiger charge is -2.07. The highest BCUT2D eigenvalue weighted by Crippen LogP contribution is 2.36. The molecule has 13 heavy (non-hydrogen) atoms. The Bertz CT molecular complexity index is 322. The molecule has 1 heterocycles. The molecule has 1 aromatic heterocycles. The number of hydrogen-bond donors (Lipinski definition) is 1. The summed E-state index contributed by atoms with van der Waals surface area (Å²) in [7, 11) is 0. The Morgan fingerprint density at radius 3 is 2.69 bits per heavy atom. The molecule has 0 aromatic carbocycles. The lowest BCUT2D eigenvalue weighted by Crippen LogP contribution is -1.94. The van der Waals surface area contributed by atoms with E-state index in [1.165, 1.54) is 0 Å². The zero-order chi connectivity index (χ0) is 10.0. The van der Waals surface area contributed by atoms with Gasteiger partial charge in [-0.15, -0.1) is 0 Å². The van der Waals surface area contributed by atoms with E-state index in [0.717, 1.165) is 6.20 Å². The molecule has 0 fully saturated rings. The number of pyridine rings is 1. The molecular formula is C7H5BrClF2NO. The lowest BCUT2D eigenvalue weighted by atomic mass is 10.2. The van der Waals surface area contributed by atoms with Crippen LogP contribution in [0.5, 0.6) is 5.75 Å². The molecule has 1 rings (SSSR count). The van der Waals surface area contributed by atoms with Crippen molar-refractivity contribution in [3.8, 4) is 5.75 Å². The Balaban J connectivity index is 3.30. The molecule has 0 saturated heterocycles. The first-order valence-corrected chi connectivity index (χ1v) is 4.78. The van der Waals surface area contributed by atoms with Crippen molar-refractivity contribution in [2.75, 3.05) is 0 Å². The van der Waals surface area contributed by atoms with Gasteiger partial charge in [-0.3, -0.25) is 4.98 Å². The number of aromatic hydroxyl groups is 1. The first kappa shape index (κ1) is 10.7. The third kappa shape index (κ3) is 2.08. The molecule has 0 amide bonds. The van der Waals surface area contributed by atoms with E-state index in [-0.39, 0.29) is 16.0 Å². The molecule has 0 aliphatic carbocycles. The van der Waals surface area contributed by atoms with Crippen molar-refractivity contribution >= 4 is 27.5 Å². The number of halogens is 4. The summed E-state index contributed by atoms with van der Waals surface area (Å²) < 4.78 is 24.6. The monoisotopic (exact) mass is 271 g/mol. The van der Waals surface area contributed by atoms with Crippen molar-refractivity contribution in [1.82, 2.24) is 4.98 Å². The fraction of sp³-hybridized carbons (Fsp3) is 0.286. The third-order valence-electron chi connectivity index (χ3n) is 1.46. The maximum Gasteiger partial charge on any atom is 0.268 e. The van der Waals surface area contributed by atoms with Gasteiger partial charge < -0.3 is 5.11 Å². The van der Waals surface area contributed by atoms with E-state index < -0.39 is 17.7 Å². The van der Waals surface area contributed by atoms with Crippen molar-refractivity contribution in [3.05, 3.63) is 22.5 Å². The minimum Gasteiger partial charge on any atom is -0.505 e. The normalized spacial score (nSPS) is 10.8. The summed E-state index contributed by atoms with van der Waals surface area (Å²) in [5, 5.41) is 9.26. The summed E-state index contributed by atoms with van der Waals surface area (Å²) in [5.74, 6) is -0.542. The highest BCUT2D eigenvalue weighted by Gasteiger charge is 2.20. The molecule has 1 N–H and O–H groups in total. The van der Waals surface area contributed by atoms with Crippen LogP contribution in [0.2, 0.25) is 5.02 Å². The summed E-state index contributed by atoms with van der Waals surface area (Å²) in [6.07, 6.45) is -1.70. The molecule has 0 saturated carbocycles. The van der Waals surface area contributed by atoms with Gasteiger partial charge >= 0.3 is 0 Å². The second-order valence-electron chi connectivity index (χ2n) is 2.25. The van der Waals surface area contributed by atoms with Crippen molar-refractivity contribution < 1.29 is 13.9 Å². The number of rotatable bonds is 2. The smallest absolute Gasteiger partial charge is 0.268 e. The topological polar surface area (TPSA) is 33.1 Å². The Hall–Kier alpha value is -0.420. The molecule has 0 unspecified atom stereocenters. The second kappa shape index (κ2) is 4.19. The first-order chi connectivity index (χ1) is 6.07. The van der Waals surface area contributed by atoms with Crippen LogP contribution in [0, 0.1) is 0 Å². The molecule has 0 spiro atoms. The van der Waals surface area contributed by atoms with Crippen LogP contribution in [0.3, 0.4) is 0 Å². The van der Waals surface area contributed by atoms with Crippen LogP contribution in [0.4, 0.5) is 8.78 Å². The minimum absolute atomic E-state index is 0.153. The zero-order valence-electron chi connectivity index (χ0n) is 6.27. The van der Waals surface area contributed by atoms with E-state index in [4.69, 9.17) is 11.6 Å². The molecule has 0 bridgehead atoms. The number of nitrogens with zero attached hydrogens (tertiary/aromatic N) is 1. The van der Waals surface area contributed by atoms with Crippen LogP contribution in [0.15, 0.2) is 6.20 Å². The Morgan fingerprint density at radius 2 is 2.23 bits per heavy atom. The van der Waals surface area contributed by atoms with E-state index in [0.29, 0.717) is 0 Å². The van der Waals surface area contributed by atoms with E-state index in [2.05, 4.69) is 20.9 Å².